The number of unbranched alkanes of at least 4 members (excludes halogenated alkanes) is 3. The van der Waals surface area contributed by atoms with Gasteiger partial charge in [0.2, 0.25) is 0 Å². The molecule has 0 unspecified atom stereocenters. The molecule has 6 nitrogen and oxygen atoms in total. The third kappa shape index (κ3) is 5.99. The SMILES string of the molecule is CCCCCCC(=O)c1cc(Cl)ccc1S(=O)(=O)N(C)C(=O)NCCC. The molecule has 0 saturated heterocycles. The van der Waals surface area contributed by atoms with Crippen LogP contribution in [-0.2, 0) is 10.0 Å². The second-order valence-corrected chi connectivity index (χ2v) is 8.45. The van der Waals surface area contributed by atoms with Gasteiger partial charge in [0.05, 0.1) is 4.90 Å². The molecular weight excluding hydrogens is 376 g/mol. The minimum Gasteiger partial charge on any atom is -0.337 e. The molecule has 0 atom stereocenters. The van der Waals surface area contributed by atoms with Crippen LogP contribution in [0.4, 0.5) is 4.79 Å². The van der Waals surface area contributed by atoms with Crippen LogP contribution in [0.15, 0.2) is 23.1 Å². The van der Waals surface area contributed by atoms with E-state index < -0.39 is 16.1 Å². The summed E-state index contributed by atoms with van der Waals surface area (Å²) < 4.78 is 26.3. The van der Waals surface area contributed by atoms with E-state index in [4.69, 9.17) is 11.6 Å². The number of ketones is 1. The fourth-order valence-corrected chi connectivity index (χ4v) is 3.83. The molecule has 0 fully saturated rings. The van der Waals surface area contributed by atoms with Gasteiger partial charge in [-0.05, 0) is 31.0 Å². The summed E-state index contributed by atoms with van der Waals surface area (Å²) in [6.07, 6.45) is 4.59. The van der Waals surface area contributed by atoms with Gasteiger partial charge in [0.15, 0.2) is 5.78 Å². The van der Waals surface area contributed by atoms with Crippen molar-refractivity contribution in [1.29, 1.82) is 0 Å². The lowest BCUT2D eigenvalue weighted by Crippen LogP contribution is -2.41. The fourth-order valence-electron chi connectivity index (χ4n) is 2.39. The van der Waals surface area contributed by atoms with E-state index in [9.17, 15) is 18.0 Å². The highest BCUT2D eigenvalue weighted by atomic mass is 35.5. The predicted molar refractivity (Wildman–Crippen MR) is 103 cm³/mol. The Kier molecular flexibility index (Phi) is 9.08. The summed E-state index contributed by atoms with van der Waals surface area (Å²) in [7, 11) is -2.98. The van der Waals surface area contributed by atoms with E-state index >= 15 is 0 Å². The van der Waals surface area contributed by atoms with Gasteiger partial charge < -0.3 is 5.32 Å². The Labute approximate surface area is 161 Å². The van der Waals surface area contributed by atoms with Gasteiger partial charge in [-0.3, -0.25) is 4.79 Å². The minimum atomic E-state index is -4.15. The van der Waals surface area contributed by atoms with Crippen LogP contribution in [-0.4, -0.2) is 38.1 Å². The summed E-state index contributed by atoms with van der Waals surface area (Å²) in [6, 6.07) is 3.30. The van der Waals surface area contributed by atoms with Crippen molar-refractivity contribution in [1.82, 2.24) is 9.62 Å². The van der Waals surface area contributed by atoms with Crippen LogP contribution in [0.25, 0.3) is 0 Å². The standard InChI is InChI=1S/C18H27ClN2O4S/c1-4-6-7-8-9-16(22)15-13-14(19)10-11-17(15)26(24,25)21(3)18(23)20-12-5-2/h10-11,13H,4-9,12H2,1-3H3,(H,20,23). The zero-order valence-corrected chi connectivity index (χ0v) is 17.1. The van der Waals surface area contributed by atoms with Crippen LogP contribution in [0.5, 0.6) is 0 Å². The molecule has 2 amide bonds. The first kappa shape index (κ1) is 22.4. The largest absolute Gasteiger partial charge is 0.337 e. The molecule has 1 rings (SSSR count). The van der Waals surface area contributed by atoms with Crippen LogP contribution in [0.1, 0.15) is 62.7 Å². The molecule has 0 spiro atoms. The molecule has 1 N–H and O–H groups in total. The number of carbonyl (C=O) groups is 2. The number of amides is 2. The van der Waals surface area contributed by atoms with Crippen LogP contribution in [0.3, 0.4) is 0 Å². The van der Waals surface area contributed by atoms with Crippen LogP contribution >= 0.6 is 11.6 Å². The number of urea groups is 1. The Morgan fingerprint density at radius 1 is 1.12 bits per heavy atom. The Balaban J connectivity index is 3.11. The van der Waals surface area contributed by atoms with Gasteiger partial charge in [-0.15, -0.1) is 0 Å². The quantitative estimate of drug-likeness (QED) is 0.468. The molecule has 26 heavy (non-hydrogen) atoms. The molecule has 0 radical (unpaired) electrons. The fraction of sp³-hybridized carbons (Fsp3) is 0.556. The smallest absolute Gasteiger partial charge is 0.331 e. The summed E-state index contributed by atoms with van der Waals surface area (Å²) >= 11 is 5.97. The molecule has 0 bridgehead atoms. The van der Waals surface area contributed by atoms with Crippen LogP contribution < -0.4 is 5.32 Å². The van der Waals surface area contributed by atoms with Crippen molar-refractivity contribution in [3.8, 4) is 0 Å². The topological polar surface area (TPSA) is 83.6 Å². The Hall–Kier alpha value is -1.60. The lowest BCUT2D eigenvalue weighted by molar-refractivity contribution is 0.0975. The monoisotopic (exact) mass is 402 g/mol. The number of benzene rings is 1. The number of nitrogens with zero attached hydrogens (tertiary/aromatic N) is 1. The van der Waals surface area contributed by atoms with Crippen LogP contribution in [0, 0.1) is 0 Å². The van der Waals surface area contributed by atoms with Crippen molar-refractivity contribution in [3.63, 3.8) is 0 Å². The van der Waals surface area contributed by atoms with E-state index in [1.807, 2.05) is 6.92 Å². The molecule has 146 valence electrons. The number of hydrogen-bond acceptors (Lipinski definition) is 4. The molecule has 0 aliphatic carbocycles. The van der Waals surface area contributed by atoms with E-state index in [0.29, 0.717) is 23.7 Å². The first-order valence-corrected chi connectivity index (χ1v) is 10.7. The Morgan fingerprint density at radius 3 is 2.42 bits per heavy atom. The second-order valence-electron chi connectivity index (χ2n) is 6.08. The number of sulfonamides is 1. The number of carbonyl (C=O) groups excluding carboxylic acids is 2. The van der Waals surface area contributed by atoms with Crippen molar-refractivity contribution in [2.75, 3.05) is 13.6 Å². The zero-order valence-electron chi connectivity index (χ0n) is 15.5. The summed E-state index contributed by atoms with van der Waals surface area (Å²) in [5.74, 6) is -0.287. The minimum absolute atomic E-state index is 0.0316. The molecule has 0 saturated carbocycles. The maximum atomic E-state index is 12.8. The zero-order chi connectivity index (χ0) is 19.7. The average Bonchev–Trinajstić information content (AvgIpc) is 2.62. The summed E-state index contributed by atoms with van der Waals surface area (Å²) in [6.45, 7) is 4.30. The highest BCUT2D eigenvalue weighted by Gasteiger charge is 2.29. The molecule has 0 aliphatic rings. The Bertz CT molecular complexity index is 735. The first-order valence-electron chi connectivity index (χ1n) is 8.85. The number of hydrogen-bond donors (Lipinski definition) is 1. The predicted octanol–water partition coefficient (Wildman–Crippen LogP) is 4.23. The average molecular weight is 403 g/mol. The molecule has 8 heteroatoms. The van der Waals surface area contributed by atoms with Gasteiger partial charge >= 0.3 is 6.03 Å². The third-order valence-electron chi connectivity index (χ3n) is 3.95. The van der Waals surface area contributed by atoms with Crippen molar-refractivity contribution >= 4 is 33.4 Å². The number of nitrogens with one attached hydrogen (secondary N) is 1. The van der Waals surface area contributed by atoms with Crippen molar-refractivity contribution < 1.29 is 18.0 Å². The molecular formula is C18H27ClN2O4S. The van der Waals surface area contributed by atoms with Gasteiger partial charge in [0.1, 0.15) is 0 Å². The molecule has 1 aromatic carbocycles. The van der Waals surface area contributed by atoms with E-state index in [0.717, 1.165) is 19.3 Å². The summed E-state index contributed by atoms with van der Waals surface area (Å²) in [5, 5.41) is 2.79. The van der Waals surface area contributed by atoms with E-state index in [2.05, 4.69) is 12.2 Å². The van der Waals surface area contributed by atoms with Gasteiger partial charge in [-0.25, -0.2) is 17.5 Å². The lowest BCUT2D eigenvalue weighted by Gasteiger charge is -2.20. The van der Waals surface area contributed by atoms with Gasteiger partial charge in [0, 0.05) is 30.6 Å². The number of halogens is 1. The molecule has 0 aliphatic heterocycles. The van der Waals surface area contributed by atoms with E-state index in [-0.39, 0.29) is 27.7 Å². The van der Waals surface area contributed by atoms with Crippen molar-refractivity contribution in [2.45, 2.75) is 57.3 Å². The van der Waals surface area contributed by atoms with E-state index in [1.165, 1.54) is 25.2 Å². The molecule has 0 heterocycles. The third-order valence-corrected chi connectivity index (χ3v) is 5.98. The summed E-state index contributed by atoms with van der Waals surface area (Å²) in [4.78, 5) is 24.4. The maximum absolute atomic E-state index is 12.8. The number of rotatable bonds is 10. The van der Waals surface area contributed by atoms with Crippen molar-refractivity contribution in [2.24, 2.45) is 0 Å². The highest BCUT2D eigenvalue weighted by molar-refractivity contribution is 7.89. The number of Topliss-reactive ketones (excluding diaryl/α,β-unsaturated/α-hetero) is 1. The van der Waals surface area contributed by atoms with Gasteiger partial charge in [-0.2, -0.15) is 0 Å². The van der Waals surface area contributed by atoms with Crippen LogP contribution in [0.2, 0.25) is 5.02 Å². The van der Waals surface area contributed by atoms with Gasteiger partial charge in [0.25, 0.3) is 10.0 Å². The lowest BCUT2D eigenvalue weighted by atomic mass is 10.0. The molecule has 1 aromatic rings. The first-order chi connectivity index (χ1) is 12.3. The normalized spacial score (nSPS) is 11.2. The maximum Gasteiger partial charge on any atom is 0.331 e. The Morgan fingerprint density at radius 2 is 1.81 bits per heavy atom. The van der Waals surface area contributed by atoms with E-state index in [1.54, 1.807) is 0 Å². The van der Waals surface area contributed by atoms with Gasteiger partial charge in [-0.1, -0.05) is 44.7 Å². The van der Waals surface area contributed by atoms with Crippen molar-refractivity contribution in [3.05, 3.63) is 28.8 Å². The molecule has 0 aromatic heterocycles. The summed E-state index contributed by atoms with van der Waals surface area (Å²) in [5.41, 5.74) is 0.0316. The highest BCUT2D eigenvalue weighted by Crippen LogP contribution is 2.25. The second kappa shape index (κ2) is 10.5.